The molecule has 0 saturated carbocycles. The van der Waals surface area contributed by atoms with Crippen molar-refractivity contribution in [3.05, 3.63) is 29.3 Å². The number of sulfonamides is 1. The van der Waals surface area contributed by atoms with Crippen LogP contribution in [0, 0.1) is 12.8 Å². The predicted octanol–water partition coefficient (Wildman–Crippen LogP) is 2.34. The van der Waals surface area contributed by atoms with Crippen molar-refractivity contribution in [3.8, 4) is 0 Å². The molecule has 0 aromatic heterocycles. The van der Waals surface area contributed by atoms with Crippen LogP contribution in [-0.2, 0) is 10.0 Å². The molecule has 0 radical (unpaired) electrons. The van der Waals surface area contributed by atoms with Gasteiger partial charge in [-0.25, -0.2) is 13.1 Å². The zero-order chi connectivity index (χ0) is 15.5. The number of benzene rings is 1. The van der Waals surface area contributed by atoms with Gasteiger partial charge in [-0.1, -0.05) is 38.6 Å². The topological polar surface area (TPSA) is 72.2 Å². The number of rotatable bonds is 6. The molecule has 1 aromatic carbocycles. The lowest BCUT2D eigenvalue weighted by atomic mass is 10.0. The van der Waals surface area contributed by atoms with Crippen molar-refractivity contribution in [3.63, 3.8) is 0 Å². The van der Waals surface area contributed by atoms with E-state index in [2.05, 4.69) is 4.72 Å². The normalized spacial score (nSPS) is 14.8. The average Bonchev–Trinajstić information content (AvgIpc) is 2.36. The van der Waals surface area contributed by atoms with Gasteiger partial charge in [0, 0.05) is 11.6 Å². The second kappa shape index (κ2) is 6.65. The number of hydrogen-bond acceptors (Lipinski definition) is 3. The Bertz CT molecular complexity index is 597. The van der Waals surface area contributed by atoms with E-state index in [0.29, 0.717) is 5.56 Å². The van der Waals surface area contributed by atoms with Crippen molar-refractivity contribution >= 4 is 27.2 Å². The first kappa shape index (κ1) is 17.1. The van der Waals surface area contributed by atoms with Gasteiger partial charge in [-0.05, 0) is 37.5 Å². The zero-order valence-corrected chi connectivity index (χ0v) is 13.9. The molecule has 112 valence electrons. The molecule has 0 spiro atoms. The van der Waals surface area contributed by atoms with E-state index < -0.39 is 10.0 Å². The zero-order valence-electron chi connectivity index (χ0n) is 12.3. The highest BCUT2D eigenvalue weighted by Crippen LogP contribution is 2.17. The van der Waals surface area contributed by atoms with Crippen LogP contribution in [0.25, 0.3) is 0 Å². The molecule has 0 heterocycles. The van der Waals surface area contributed by atoms with Crippen LogP contribution < -0.4 is 10.5 Å². The Balaban J connectivity index is 3.05. The molecule has 0 aliphatic rings. The minimum absolute atomic E-state index is 0.111. The number of nitrogens with two attached hydrogens (primary N) is 1. The van der Waals surface area contributed by atoms with Crippen molar-refractivity contribution in [2.45, 2.75) is 45.1 Å². The Hall–Kier alpha value is -0.980. The summed E-state index contributed by atoms with van der Waals surface area (Å²) in [5, 5.41) is 0. The van der Waals surface area contributed by atoms with Crippen LogP contribution in [0.5, 0.6) is 0 Å². The standard InChI is InChI=1S/C14H22N2O2S2/c1-5-9(2)11(4)16-20(17,18)12-6-7-13(14(15)19)10(3)8-12/h6-9,11,16H,5H2,1-4H3,(H2,15,19). The summed E-state index contributed by atoms with van der Waals surface area (Å²) in [6.45, 7) is 7.73. The Morgan fingerprint density at radius 2 is 2.00 bits per heavy atom. The molecule has 0 aliphatic heterocycles. The Kier molecular flexibility index (Phi) is 5.68. The van der Waals surface area contributed by atoms with Gasteiger partial charge in [-0.3, -0.25) is 0 Å². The molecule has 20 heavy (non-hydrogen) atoms. The van der Waals surface area contributed by atoms with E-state index in [4.69, 9.17) is 18.0 Å². The lowest BCUT2D eigenvalue weighted by Crippen LogP contribution is -2.36. The van der Waals surface area contributed by atoms with E-state index >= 15 is 0 Å². The molecule has 0 fully saturated rings. The van der Waals surface area contributed by atoms with Gasteiger partial charge in [-0.2, -0.15) is 0 Å². The van der Waals surface area contributed by atoms with Gasteiger partial charge in [-0.15, -0.1) is 0 Å². The fraction of sp³-hybridized carbons (Fsp3) is 0.500. The van der Waals surface area contributed by atoms with Crippen LogP contribution >= 0.6 is 12.2 Å². The largest absolute Gasteiger partial charge is 0.389 e. The molecule has 0 amide bonds. The summed E-state index contributed by atoms with van der Waals surface area (Å²) in [4.78, 5) is 0.512. The number of aryl methyl sites for hydroxylation is 1. The summed E-state index contributed by atoms with van der Waals surface area (Å²) in [6, 6.07) is 4.67. The fourth-order valence-electron chi connectivity index (χ4n) is 1.86. The van der Waals surface area contributed by atoms with Crippen LogP contribution in [0.2, 0.25) is 0 Å². The number of nitrogens with one attached hydrogen (secondary N) is 1. The van der Waals surface area contributed by atoms with Gasteiger partial charge >= 0.3 is 0 Å². The molecule has 2 unspecified atom stereocenters. The molecule has 0 aliphatic carbocycles. The smallest absolute Gasteiger partial charge is 0.240 e. The Morgan fingerprint density at radius 3 is 2.45 bits per heavy atom. The van der Waals surface area contributed by atoms with Gasteiger partial charge in [0.25, 0.3) is 0 Å². The maximum absolute atomic E-state index is 12.3. The van der Waals surface area contributed by atoms with Gasteiger partial charge < -0.3 is 5.73 Å². The van der Waals surface area contributed by atoms with Gasteiger partial charge in [0.1, 0.15) is 4.99 Å². The molecule has 2 atom stereocenters. The fourth-order valence-corrected chi connectivity index (χ4v) is 3.53. The van der Waals surface area contributed by atoms with Crippen LogP contribution in [0.3, 0.4) is 0 Å². The van der Waals surface area contributed by atoms with Crippen molar-refractivity contribution < 1.29 is 8.42 Å². The molecule has 0 saturated heterocycles. The highest BCUT2D eigenvalue weighted by molar-refractivity contribution is 7.89. The third-order valence-electron chi connectivity index (χ3n) is 3.61. The van der Waals surface area contributed by atoms with E-state index in [1.54, 1.807) is 19.1 Å². The minimum atomic E-state index is -3.51. The summed E-state index contributed by atoms with van der Waals surface area (Å²) < 4.78 is 27.3. The second-order valence-electron chi connectivity index (χ2n) is 5.14. The third-order valence-corrected chi connectivity index (χ3v) is 5.39. The first-order chi connectivity index (χ1) is 9.19. The maximum atomic E-state index is 12.3. The molecular weight excluding hydrogens is 292 g/mol. The van der Waals surface area contributed by atoms with Crippen LogP contribution in [0.15, 0.2) is 23.1 Å². The number of thiocarbonyl (C=S) groups is 1. The first-order valence-electron chi connectivity index (χ1n) is 6.61. The van der Waals surface area contributed by atoms with E-state index in [9.17, 15) is 8.42 Å². The van der Waals surface area contributed by atoms with E-state index in [0.717, 1.165) is 12.0 Å². The van der Waals surface area contributed by atoms with E-state index in [1.165, 1.54) is 6.07 Å². The SMILES string of the molecule is CCC(C)C(C)NS(=O)(=O)c1ccc(C(N)=S)c(C)c1. The number of hydrogen-bond donors (Lipinski definition) is 2. The quantitative estimate of drug-likeness (QED) is 0.791. The van der Waals surface area contributed by atoms with Crippen LogP contribution in [-0.4, -0.2) is 19.4 Å². The predicted molar refractivity (Wildman–Crippen MR) is 86.3 cm³/mol. The molecular formula is C14H22N2O2S2. The van der Waals surface area contributed by atoms with E-state index in [-0.39, 0.29) is 21.8 Å². The molecule has 3 N–H and O–H groups in total. The van der Waals surface area contributed by atoms with Crippen molar-refractivity contribution in [1.82, 2.24) is 4.72 Å². The van der Waals surface area contributed by atoms with E-state index in [1.807, 2.05) is 20.8 Å². The van der Waals surface area contributed by atoms with Crippen LogP contribution in [0.1, 0.15) is 38.3 Å². The molecule has 1 rings (SSSR count). The third kappa shape index (κ3) is 4.01. The van der Waals surface area contributed by atoms with Crippen molar-refractivity contribution in [2.24, 2.45) is 11.7 Å². The molecule has 0 bridgehead atoms. The monoisotopic (exact) mass is 314 g/mol. The van der Waals surface area contributed by atoms with Gasteiger partial charge in [0.2, 0.25) is 10.0 Å². The summed E-state index contributed by atoms with van der Waals surface area (Å²) >= 11 is 4.92. The molecule has 4 nitrogen and oxygen atoms in total. The summed E-state index contributed by atoms with van der Waals surface area (Å²) in [6.07, 6.45) is 0.920. The molecule has 6 heteroatoms. The maximum Gasteiger partial charge on any atom is 0.240 e. The summed E-state index contributed by atoms with van der Waals surface area (Å²) in [5.74, 6) is 0.279. The highest BCUT2D eigenvalue weighted by atomic mass is 32.2. The second-order valence-corrected chi connectivity index (χ2v) is 7.29. The lowest BCUT2D eigenvalue weighted by molar-refractivity contribution is 0.434. The summed E-state index contributed by atoms with van der Waals surface area (Å²) in [5.41, 5.74) is 7.04. The van der Waals surface area contributed by atoms with Crippen LogP contribution in [0.4, 0.5) is 0 Å². The first-order valence-corrected chi connectivity index (χ1v) is 8.51. The minimum Gasteiger partial charge on any atom is -0.389 e. The van der Waals surface area contributed by atoms with Crippen molar-refractivity contribution in [2.75, 3.05) is 0 Å². The summed E-state index contributed by atoms with van der Waals surface area (Å²) in [7, 11) is -3.51. The van der Waals surface area contributed by atoms with Gasteiger partial charge in [0.05, 0.1) is 4.90 Å². The van der Waals surface area contributed by atoms with Gasteiger partial charge in [0.15, 0.2) is 0 Å². The Labute approximate surface area is 126 Å². The highest BCUT2D eigenvalue weighted by Gasteiger charge is 2.21. The Morgan fingerprint density at radius 1 is 1.40 bits per heavy atom. The average molecular weight is 314 g/mol. The van der Waals surface area contributed by atoms with Crippen molar-refractivity contribution in [1.29, 1.82) is 0 Å². The molecule has 1 aromatic rings. The lowest BCUT2D eigenvalue weighted by Gasteiger charge is -2.20.